The second-order valence-electron chi connectivity index (χ2n) is 6.44. The first kappa shape index (κ1) is 19.0. The molecule has 0 saturated carbocycles. The van der Waals surface area contributed by atoms with E-state index in [1.54, 1.807) is 0 Å². The van der Waals surface area contributed by atoms with E-state index in [0.29, 0.717) is 19.0 Å². The predicted octanol–water partition coefficient (Wildman–Crippen LogP) is 2.85. The topological polar surface area (TPSA) is 70.2 Å². The maximum absolute atomic E-state index is 12.1. The second-order valence-corrected chi connectivity index (χ2v) is 6.44. The summed E-state index contributed by atoms with van der Waals surface area (Å²) in [7, 11) is 0. The number of carbonyl (C=O) groups is 2. The number of hydrogen-bond acceptors (Lipinski definition) is 2. The van der Waals surface area contributed by atoms with Gasteiger partial charge in [0.05, 0.1) is 6.04 Å². The fraction of sp³-hybridized carbons (Fsp3) is 0.556. The fourth-order valence-corrected chi connectivity index (χ4v) is 2.21. The Morgan fingerprint density at radius 2 is 1.57 bits per heavy atom. The van der Waals surface area contributed by atoms with Crippen molar-refractivity contribution in [3.8, 4) is 0 Å². The minimum absolute atomic E-state index is 0.00539. The molecule has 0 fully saturated rings. The van der Waals surface area contributed by atoms with E-state index in [-0.39, 0.29) is 23.9 Å². The second kappa shape index (κ2) is 9.87. The van der Waals surface area contributed by atoms with Crippen LogP contribution in [0, 0.1) is 11.8 Å². The average Bonchev–Trinajstić information content (AvgIpc) is 2.51. The summed E-state index contributed by atoms with van der Waals surface area (Å²) in [5.74, 6) is 0.428. The quantitative estimate of drug-likeness (QED) is 0.645. The molecular formula is C18H29N3O2. The number of rotatable bonds is 8. The molecule has 1 aromatic rings. The van der Waals surface area contributed by atoms with Crippen molar-refractivity contribution in [1.29, 1.82) is 0 Å². The number of hydrogen-bond donors (Lipinski definition) is 3. The molecule has 0 bridgehead atoms. The van der Waals surface area contributed by atoms with Gasteiger partial charge in [-0.05, 0) is 17.9 Å². The van der Waals surface area contributed by atoms with Gasteiger partial charge in [0.2, 0.25) is 5.91 Å². The lowest BCUT2D eigenvalue weighted by Gasteiger charge is -2.21. The lowest BCUT2D eigenvalue weighted by Crippen LogP contribution is -2.42. The highest BCUT2D eigenvalue weighted by Gasteiger charge is 2.15. The lowest BCUT2D eigenvalue weighted by molar-refractivity contribution is -0.123. The molecule has 0 aliphatic rings. The first-order chi connectivity index (χ1) is 10.9. The van der Waals surface area contributed by atoms with Crippen LogP contribution in [-0.4, -0.2) is 25.0 Å². The summed E-state index contributed by atoms with van der Waals surface area (Å²) in [6.07, 6.45) is 0.877. The molecule has 1 unspecified atom stereocenters. The van der Waals surface area contributed by atoms with Gasteiger partial charge in [-0.2, -0.15) is 0 Å². The van der Waals surface area contributed by atoms with Crippen molar-refractivity contribution in [2.75, 3.05) is 13.1 Å². The number of nitrogens with one attached hydrogen (secondary N) is 3. The van der Waals surface area contributed by atoms with Crippen molar-refractivity contribution >= 4 is 11.9 Å². The molecule has 23 heavy (non-hydrogen) atoms. The molecule has 0 saturated heterocycles. The smallest absolute Gasteiger partial charge is 0.315 e. The van der Waals surface area contributed by atoms with Gasteiger partial charge in [-0.3, -0.25) is 4.79 Å². The molecule has 5 heteroatoms. The Kier molecular flexibility index (Phi) is 8.16. The van der Waals surface area contributed by atoms with Gasteiger partial charge in [-0.15, -0.1) is 0 Å². The summed E-state index contributed by atoms with van der Waals surface area (Å²) in [6, 6.07) is 9.74. The fourth-order valence-electron chi connectivity index (χ4n) is 2.21. The van der Waals surface area contributed by atoms with Gasteiger partial charge in [0.1, 0.15) is 0 Å². The van der Waals surface area contributed by atoms with E-state index in [2.05, 4.69) is 29.8 Å². The van der Waals surface area contributed by atoms with Crippen molar-refractivity contribution in [2.45, 2.75) is 40.2 Å². The van der Waals surface area contributed by atoms with Gasteiger partial charge in [-0.1, -0.05) is 58.0 Å². The molecule has 1 atom stereocenters. The first-order valence-corrected chi connectivity index (χ1v) is 8.27. The van der Waals surface area contributed by atoms with E-state index in [1.807, 2.05) is 44.2 Å². The zero-order chi connectivity index (χ0) is 17.2. The van der Waals surface area contributed by atoms with Crippen molar-refractivity contribution in [2.24, 2.45) is 11.8 Å². The van der Waals surface area contributed by atoms with Gasteiger partial charge in [0.15, 0.2) is 0 Å². The van der Waals surface area contributed by atoms with Gasteiger partial charge < -0.3 is 16.0 Å². The molecule has 0 heterocycles. The summed E-state index contributed by atoms with van der Waals surface area (Å²) in [6.45, 7) is 8.80. The molecular weight excluding hydrogens is 290 g/mol. The Bertz CT molecular complexity index is 486. The number of carbonyl (C=O) groups excluding carboxylic acids is 2. The van der Waals surface area contributed by atoms with E-state index in [9.17, 15) is 9.59 Å². The highest BCUT2D eigenvalue weighted by molar-refractivity contribution is 5.78. The average molecular weight is 319 g/mol. The van der Waals surface area contributed by atoms with E-state index in [4.69, 9.17) is 0 Å². The molecule has 0 spiro atoms. The molecule has 0 aromatic heterocycles. The van der Waals surface area contributed by atoms with Crippen LogP contribution in [0.1, 0.15) is 45.7 Å². The highest BCUT2D eigenvalue weighted by Crippen LogP contribution is 2.20. The Morgan fingerprint density at radius 3 is 2.13 bits per heavy atom. The largest absolute Gasteiger partial charge is 0.354 e. The maximum atomic E-state index is 12.1. The summed E-state index contributed by atoms with van der Waals surface area (Å²) >= 11 is 0. The summed E-state index contributed by atoms with van der Waals surface area (Å²) in [4.78, 5) is 23.5. The van der Waals surface area contributed by atoms with Crippen LogP contribution in [0.2, 0.25) is 0 Å². The molecule has 1 aromatic carbocycles. The zero-order valence-electron chi connectivity index (χ0n) is 14.6. The highest BCUT2D eigenvalue weighted by atomic mass is 16.2. The molecule has 5 nitrogen and oxygen atoms in total. The predicted molar refractivity (Wildman–Crippen MR) is 93.0 cm³/mol. The summed E-state index contributed by atoms with van der Waals surface area (Å²) < 4.78 is 0. The van der Waals surface area contributed by atoms with Crippen LogP contribution >= 0.6 is 0 Å². The molecule has 128 valence electrons. The summed E-state index contributed by atoms with van der Waals surface area (Å²) in [5.41, 5.74) is 1.10. The zero-order valence-corrected chi connectivity index (χ0v) is 14.6. The minimum atomic E-state index is -0.210. The van der Waals surface area contributed by atoms with Crippen LogP contribution in [0.5, 0.6) is 0 Å². The van der Waals surface area contributed by atoms with Crippen LogP contribution in [0.4, 0.5) is 4.79 Å². The van der Waals surface area contributed by atoms with Crippen molar-refractivity contribution in [3.63, 3.8) is 0 Å². The number of urea groups is 1. The SMILES string of the molecule is CC(C)CC(NC(=O)NCCNC(=O)C(C)C)c1ccccc1. The minimum Gasteiger partial charge on any atom is -0.354 e. The molecule has 0 radical (unpaired) electrons. The van der Waals surface area contributed by atoms with Crippen molar-refractivity contribution in [1.82, 2.24) is 16.0 Å². The monoisotopic (exact) mass is 319 g/mol. The molecule has 1 rings (SSSR count). The normalized spacial score (nSPS) is 12.1. The van der Waals surface area contributed by atoms with E-state index in [0.717, 1.165) is 12.0 Å². The third-order valence-corrected chi connectivity index (χ3v) is 3.45. The Labute approximate surface area is 139 Å². The van der Waals surface area contributed by atoms with Crippen molar-refractivity contribution < 1.29 is 9.59 Å². The van der Waals surface area contributed by atoms with Gasteiger partial charge >= 0.3 is 6.03 Å². The molecule has 0 aliphatic heterocycles. The molecule has 3 amide bonds. The van der Waals surface area contributed by atoms with Gasteiger partial charge in [0, 0.05) is 19.0 Å². The third kappa shape index (κ3) is 7.68. The Balaban J connectivity index is 2.43. The van der Waals surface area contributed by atoms with E-state index < -0.39 is 0 Å². The number of benzene rings is 1. The Hall–Kier alpha value is -2.04. The van der Waals surface area contributed by atoms with Gasteiger partial charge in [-0.25, -0.2) is 4.79 Å². The molecule has 0 aliphatic carbocycles. The van der Waals surface area contributed by atoms with E-state index >= 15 is 0 Å². The van der Waals surface area contributed by atoms with Gasteiger partial charge in [0.25, 0.3) is 0 Å². The Morgan fingerprint density at radius 1 is 0.957 bits per heavy atom. The summed E-state index contributed by atoms with van der Waals surface area (Å²) in [5, 5.41) is 8.57. The van der Waals surface area contributed by atoms with Crippen LogP contribution in [-0.2, 0) is 4.79 Å². The lowest BCUT2D eigenvalue weighted by atomic mass is 9.97. The maximum Gasteiger partial charge on any atom is 0.315 e. The molecule has 3 N–H and O–H groups in total. The first-order valence-electron chi connectivity index (χ1n) is 8.27. The van der Waals surface area contributed by atoms with Crippen molar-refractivity contribution in [3.05, 3.63) is 35.9 Å². The van der Waals surface area contributed by atoms with Crippen LogP contribution < -0.4 is 16.0 Å². The van der Waals surface area contributed by atoms with Crippen LogP contribution in [0.3, 0.4) is 0 Å². The standard InChI is InChI=1S/C18H29N3O2/c1-13(2)12-16(15-8-6-5-7-9-15)21-18(23)20-11-10-19-17(22)14(3)4/h5-9,13-14,16H,10-12H2,1-4H3,(H,19,22)(H2,20,21,23). The third-order valence-electron chi connectivity index (χ3n) is 3.45. The van der Waals surface area contributed by atoms with E-state index in [1.165, 1.54) is 0 Å². The van der Waals surface area contributed by atoms with Crippen LogP contribution in [0.25, 0.3) is 0 Å². The van der Waals surface area contributed by atoms with Crippen LogP contribution in [0.15, 0.2) is 30.3 Å². The number of amides is 3.